The number of thiophene rings is 2. The normalized spacial score (nSPS) is 15.2. The maximum absolute atomic E-state index is 13.4. The number of carbonyl (C=O) groups excluding carboxylic acids is 2. The van der Waals surface area contributed by atoms with Crippen molar-refractivity contribution in [2.75, 3.05) is 45.8 Å². The van der Waals surface area contributed by atoms with Crippen LogP contribution >= 0.6 is 45.9 Å². The molecule has 0 radical (unpaired) electrons. The quantitative estimate of drug-likeness (QED) is 0.0489. The first-order valence-electron chi connectivity index (χ1n) is 26.8. The third kappa shape index (κ3) is 18.7. The smallest absolute Gasteiger partial charge is 0.252 e. The molecule has 2 N–H and O–H groups in total. The second-order valence-electron chi connectivity index (χ2n) is 19.4. The number of nitrogens with zero attached hydrogens (tertiary/aromatic N) is 5. The summed E-state index contributed by atoms with van der Waals surface area (Å²) in [6.07, 6.45) is 17.4. The van der Waals surface area contributed by atoms with Crippen LogP contribution < -0.4 is 10.6 Å². The number of unbranched alkanes of at least 4 members (excludes halogenated alkanes) is 7. The van der Waals surface area contributed by atoms with Gasteiger partial charge in [-0.3, -0.25) is 19.5 Å². The summed E-state index contributed by atoms with van der Waals surface area (Å²) < 4.78 is 57.4. The van der Waals surface area contributed by atoms with Crippen LogP contribution in [0.3, 0.4) is 0 Å². The Morgan fingerprint density at radius 3 is 1.41 bits per heavy atom. The van der Waals surface area contributed by atoms with Crippen molar-refractivity contribution in [3.8, 4) is 0 Å². The molecule has 19 heteroatoms. The van der Waals surface area contributed by atoms with Gasteiger partial charge in [-0.05, 0) is 150 Å². The molecule has 0 spiro atoms. The largest absolute Gasteiger partial charge is 0.347 e. The number of carbonyl (C=O) groups is 2. The highest BCUT2D eigenvalue weighted by atomic mass is 35.5. The number of sulfonamides is 2. The Hall–Kier alpha value is -3.75. The molecule has 410 valence electrons. The van der Waals surface area contributed by atoms with E-state index in [-0.39, 0.29) is 24.9 Å². The Balaban J connectivity index is 0.000000245. The molecule has 5 heterocycles. The minimum absolute atomic E-state index is 0.214. The van der Waals surface area contributed by atoms with Crippen molar-refractivity contribution in [1.29, 1.82) is 0 Å². The number of rotatable bonds is 27. The predicted octanol–water partition coefficient (Wildman–Crippen LogP) is 12.1. The van der Waals surface area contributed by atoms with E-state index in [0.29, 0.717) is 67.9 Å². The van der Waals surface area contributed by atoms with E-state index in [1.54, 1.807) is 81.4 Å². The van der Waals surface area contributed by atoms with Gasteiger partial charge in [-0.1, -0.05) is 95.0 Å². The number of benzene rings is 2. The molecular formula is C56H77Cl2N7O6S4. The van der Waals surface area contributed by atoms with Crippen molar-refractivity contribution in [1.82, 2.24) is 34.0 Å². The zero-order valence-electron chi connectivity index (χ0n) is 43.9. The van der Waals surface area contributed by atoms with Gasteiger partial charge < -0.3 is 15.5 Å². The molecule has 3 aromatic heterocycles. The molecule has 0 bridgehead atoms. The molecule has 0 aliphatic carbocycles. The van der Waals surface area contributed by atoms with Crippen LogP contribution in [0.15, 0.2) is 106 Å². The maximum atomic E-state index is 13.4. The molecular weight excluding hydrogens is 1070 g/mol. The summed E-state index contributed by atoms with van der Waals surface area (Å²) in [6.45, 7) is 13.4. The monoisotopic (exact) mass is 1140 g/mol. The molecule has 7 rings (SSSR count). The van der Waals surface area contributed by atoms with Gasteiger partial charge >= 0.3 is 0 Å². The highest BCUT2D eigenvalue weighted by molar-refractivity contribution is 7.91. The van der Waals surface area contributed by atoms with Gasteiger partial charge in [0.15, 0.2) is 0 Å². The summed E-state index contributed by atoms with van der Waals surface area (Å²) in [5.41, 5.74) is 2.08. The molecule has 13 nitrogen and oxygen atoms in total. The van der Waals surface area contributed by atoms with Crippen LogP contribution in [0.1, 0.15) is 147 Å². The van der Waals surface area contributed by atoms with E-state index in [9.17, 15) is 26.4 Å². The molecule has 2 aromatic carbocycles. The van der Waals surface area contributed by atoms with Crippen molar-refractivity contribution in [2.45, 2.75) is 151 Å². The van der Waals surface area contributed by atoms with Gasteiger partial charge in [0, 0.05) is 81.9 Å². The summed E-state index contributed by atoms with van der Waals surface area (Å²) in [5, 5.41) is 6.84. The van der Waals surface area contributed by atoms with Crippen molar-refractivity contribution in [3.63, 3.8) is 0 Å². The fourth-order valence-corrected chi connectivity index (χ4v) is 15.6. The molecule has 2 saturated heterocycles. The number of piperidine rings is 2. The minimum Gasteiger partial charge on any atom is -0.347 e. The highest BCUT2D eigenvalue weighted by Crippen LogP contribution is 2.31. The van der Waals surface area contributed by atoms with Crippen LogP contribution in [0.5, 0.6) is 0 Å². The van der Waals surface area contributed by atoms with E-state index in [0.717, 1.165) is 73.7 Å². The maximum Gasteiger partial charge on any atom is 0.252 e. The highest BCUT2D eigenvalue weighted by Gasteiger charge is 2.34. The van der Waals surface area contributed by atoms with Gasteiger partial charge in [-0.25, -0.2) is 16.8 Å². The molecule has 2 aliphatic rings. The molecule has 0 saturated carbocycles. The Kier molecular flexibility index (Phi) is 25.0. The SMILES string of the molecule is CCCCCCN(CCCC)C1CCN(S(=O)(=O)c2ccc(CNC(=O)c3ccc(Cl)cc3)s2)CC1.CCCCCCN(Cc1ccccn1)C1CCN(S(=O)(=O)c2ccc(CNC(=O)c3ccc(Cl)cc3)s2)CC1. The summed E-state index contributed by atoms with van der Waals surface area (Å²) in [6, 6.07) is 27.0. The summed E-state index contributed by atoms with van der Waals surface area (Å²) >= 11 is 14.2. The number of aromatic nitrogens is 1. The topological polar surface area (TPSA) is 152 Å². The van der Waals surface area contributed by atoms with Crippen LogP contribution in [-0.4, -0.2) is 110 Å². The Morgan fingerprint density at radius 2 is 0.987 bits per heavy atom. The van der Waals surface area contributed by atoms with Crippen LogP contribution in [0.2, 0.25) is 10.0 Å². The molecule has 2 amide bonds. The fourth-order valence-electron chi connectivity index (χ4n) is 9.49. The van der Waals surface area contributed by atoms with E-state index in [2.05, 4.69) is 52.3 Å². The average molecular weight is 1140 g/mol. The summed E-state index contributed by atoms with van der Waals surface area (Å²) in [4.78, 5) is 36.0. The van der Waals surface area contributed by atoms with Gasteiger partial charge in [-0.2, -0.15) is 8.61 Å². The van der Waals surface area contributed by atoms with Crippen LogP contribution in [0, 0.1) is 0 Å². The number of halogens is 2. The second-order valence-corrected chi connectivity index (χ2v) is 26.9. The first-order valence-corrected chi connectivity index (χ1v) is 32.1. The van der Waals surface area contributed by atoms with Gasteiger partial charge in [0.25, 0.3) is 31.9 Å². The lowest BCUT2D eigenvalue weighted by atomic mass is 10.0. The van der Waals surface area contributed by atoms with Crippen LogP contribution in [0.4, 0.5) is 0 Å². The molecule has 0 unspecified atom stereocenters. The molecule has 75 heavy (non-hydrogen) atoms. The lowest BCUT2D eigenvalue weighted by molar-refractivity contribution is 0.0943. The second kappa shape index (κ2) is 31.0. The lowest BCUT2D eigenvalue weighted by Crippen LogP contribution is -2.47. The average Bonchev–Trinajstić information content (AvgIpc) is 4.13. The molecule has 2 fully saturated rings. The van der Waals surface area contributed by atoms with E-state index in [1.807, 2.05) is 18.3 Å². The number of pyridine rings is 1. The molecule has 2 aliphatic heterocycles. The zero-order valence-corrected chi connectivity index (χ0v) is 48.7. The van der Waals surface area contributed by atoms with E-state index >= 15 is 0 Å². The van der Waals surface area contributed by atoms with Crippen molar-refractivity contribution < 1.29 is 26.4 Å². The van der Waals surface area contributed by atoms with Gasteiger partial charge in [0.1, 0.15) is 8.42 Å². The van der Waals surface area contributed by atoms with E-state index < -0.39 is 20.0 Å². The predicted molar refractivity (Wildman–Crippen MR) is 307 cm³/mol. The lowest BCUT2D eigenvalue weighted by Gasteiger charge is -2.38. The van der Waals surface area contributed by atoms with Gasteiger partial charge in [0.05, 0.1) is 18.8 Å². The zero-order chi connectivity index (χ0) is 53.6. The van der Waals surface area contributed by atoms with Crippen LogP contribution in [-0.2, 0) is 39.7 Å². The minimum atomic E-state index is -3.58. The Bertz CT molecular complexity index is 2710. The number of hydrogen-bond acceptors (Lipinski definition) is 11. The first kappa shape index (κ1) is 60.5. The third-order valence-corrected chi connectivity index (χ3v) is 21.3. The number of amides is 2. The van der Waals surface area contributed by atoms with Crippen molar-refractivity contribution >= 4 is 77.7 Å². The first-order chi connectivity index (χ1) is 36.2. The van der Waals surface area contributed by atoms with E-state index in [4.69, 9.17) is 23.2 Å². The van der Waals surface area contributed by atoms with Gasteiger partial charge in [0.2, 0.25) is 0 Å². The summed E-state index contributed by atoms with van der Waals surface area (Å²) in [7, 11) is -7.10. The Labute approximate surface area is 465 Å². The number of nitrogens with one attached hydrogen (secondary N) is 2. The van der Waals surface area contributed by atoms with Gasteiger partial charge in [-0.15, -0.1) is 22.7 Å². The van der Waals surface area contributed by atoms with E-state index in [1.165, 1.54) is 80.5 Å². The van der Waals surface area contributed by atoms with Crippen molar-refractivity contribution in [2.24, 2.45) is 0 Å². The third-order valence-electron chi connectivity index (χ3n) is 13.9. The standard InChI is InChI=1S/C29H37ClN4O3S2.C27H40ClN3O3S2/c1-2-3-4-7-18-33(22-25-8-5-6-17-31-25)26-15-19-34(20-16-26)39(36,37)28-14-13-27(38-28)21-32-29(35)23-9-11-24(30)12-10-23;1-3-5-7-8-18-30(17-6-4-2)24-15-19-31(20-16-24)36(33,34)26-14-13-25(35-26)21-29-27(32)22-9-11-23(28)12-10-22/h5-6,8-14,17,26H,2-4,7,15-16,18-22H2,1H3,(H,32,35);9-14,24H,3-8,15-21H2,1-2H3,(H,29,32). The molecule has 5 aromatic rings. The van der Waals surface area contributed by atoms with Crippen molar-refractivity contribution in [3.05, 3.63) is 134 Å². The molecule has 0 atom stereocenters. The fraction of sp³-hybridized carbons (Fsp3) is 0.518. The Morgan fingerprint density at radius 1 is 0.560 bits per heavy atom. The summed E-state index contributed by atoms with van der Waals surface area (Å²) in [5.74, 6) is -0.439. The van der Waals surface area contributed by atoms with Crippen LogP contribution in [0.25, 0.3) is 0 Å². The number of hydrogen-bond donors (Lipinski definition) is 2.